The number of nitrogens with zero attached hydrogens (tertiary/aromatic N) is 2. The van der Waals surface area contributed by atoms with Gasteiger partial charge in [0, 0.05) is 37.8 Å². The largest absolute Gasteiger partial charge is 0.573 e. The molecule has 2 aromatic carbocycles. The second kappa shape index (κ2) is 11.8. The molecule has 0 aromatic heterocycles. The first-order valence-corrected chi connectivity index (χ1v) is 12.5. The molecule has 0 radical (unpaired) electrons. The summed E-state index contributed by atoms with van der Waals surface area (Å²) in [5, 5.41) is 3.14. The first-order valence-electron chi connectivity index (χ1n) is 12.5. The highest BCUT2D eigenvalue weighted by atomic mass is 19.4. The molecule has 0 bridgehead atoms. The lowest BCUT2D eigenvalue weighted by molar-refractivity contribution is -0.274. The number of piperidine rings is 2. The predicted molar refractivity (Wildman–Crippen MR) is 130 cm³/mol. The van der Waals surface area contributed by atoms with E-state index in [1.165, 1.54) is 30.5 Å². The second-order valence-electron chi connectivity index (χ2n) is 9.59. The van der Waals surface area contributed by atoms with Gasteiger partial charge in [-0.05, 0) is 80.9 Å². The average molecular weight is 490 g/mol. The third-order valence-corrected chi connectivity index (χ3v) is 7.11. The molecule has 2 saturated heterocycles. The maximum Gasteiger partial charge on any atom is 0.573 e. The molecule has 8 heteroatoms. The number of halogens is 3. The molecule has 1 N–H and O–H groups in total. The van der Waals surface area contributed by atoms with Crippen molar-refractivity contribution in [1.29, 1.82) is 0 Å². The Morgan fingerprint density at radius 3 is 2.20 bits per heavy atom. The van der Waals surface area contributed by atoms with Crippen molar-refractivity contribution in [3.05, 3.63) is 60.2 Å². The van der Waals surface area contributed by atoms with E-state index in [0.29, 0.717) is 19.0 Å². The number of amides is 1. The minimum Gasteiger partial charge on any atom is -0.406 e. The fourth-order valence-electron chi connectivity index (χ4n) is 5.08. The number of carbonyl (C=O) groups is 1. The lowest BCUT2D eigenvalue weighted by Crippen LogP contribution is -2.41. The molecule has 2 aliphatic rings. The maximum atomic E-state index is 12.7. The first kappa shape index (κ1) is 25.4. The summed E-state index contributed by atoms with van der Waals surface area (Å²) >= 11 is 0. The van der Waals surface area contributed by atoms with Gasteiger partial charge in [-0.2, -0.15) is 0 Å². The number of nitrogens with one attached hydrogen (secondary N) is 1. The van der Waals surface area contributed by atoms with Crippen LogP contribution in [0, 0.1) is 11.8 Å². The van der Waals surface area contributed by atoms with Crippen molar-refractivity contribution < 1.29 is 22.7 Å². The van der Waals surface area contributed by atoms with Crippen LogP contribution in [0.4, 0.5) is 18.9 Å². The molecule has 0 unspecified atom stereocenters. The summed E-state index contributed by atoms with van der Waals surface area (Å²) in [6.45, 7) is 5.36. The van der Waals surface area contributed by atoms with Gasteiger partial charge >= 0.3 is 6.36 Å². The van der Waals surface area contributed by atoms with Crippen LogP contribution in [-0.2, 0) is 11.3 Å². The highest BCUT2D eigenvalue weighted by molar-refractivity contribution is 5.79. The fourth-order valence-corrected chi connectivity index (χ4v) is 5.08. The van der Waals surface area contributed by atoms with Crippen LogP contribution >= 0.6 is 0 Å². The van der Waals surface area contributed by atoms with Crippen LogP contribution in [0.15, 0.2) is 54.6 Å². The summed E-state index contributed by atoms with van der Waals surface area (Å²) < 4.78 is 40.9. The van der Waals surface area contributed by atoms with Crippen molar-refractivity contribution in [2.24, 2.45) is 11.8 Å². The van der Waals surface area contributed by atoms with E-state index in [-0.39, 0.29) is 17.6 Å². The Morgan fingerprint density at radius 1 is 0.914 bits per heavy atom. The number of ether oxygens (including phenoxy) is 1. The molecule has 2 fully saturated rings. The summed E-state index contributed by atoms with van der Waals surface area (Å²) in [5.74, 6) is 0.553. The zero-order valence-electron chi connectivity index (χ0n) is 20.0. The minimum absolute atomic E-state index is 0.00759. The average Bonchev–Trinajstić information content (AvgIpc) is 2.85. The van der Waals surface area contributed by atoms with Crippen LogP contribution in [0.1, 0.15) is 37.7 Å². The Hall–Kier alpha value is -2.74. The fraction of sp³-hybridized carbons (Fsp3) is 0.519. The van der Waals surface area contributed by atoms with Gasteiger partial charge in [0.1, 0.15) is 5.75 Å². The quantitative estimate of drug-likeness (QED) is 0.552. The highest BCUT2D eigenvalue weighted by Crippen LogP contribution is 2.28. The van der Waals surface area contributed by atoms with Crippen molar-refractivity contribution in [3.63, 3.8) is 0 Å². The number of anilines is 1. The van der Waals surface area contributed by atoms with Gasteiger partial charge in [0.25, 0.3) is 0 Å². The topological polar surface area (TPSA) is 44.8 Å². The van der Waals surface area contributed by atoms with Crippen molar-refractivity contribution in [2.75, 3.05) is 37.6 Å². The summed E-state index contributed by atoms with van der Waals surface area (Å²) in [6, 6.07) is 16.5. The molecule has 0 spiro atoms. The van der Waals surface area contributed by atoms with Crippen molar-refractivity contribution in [1.82, 2.24) is 10.2 Å². The van der Waals surface area contributed by atoms with E-state index in [9.17, 15) is 18.0 Å². The van der Waals surface area contributed by atoms with E-state index in [1.54, 1.807) is 12.1 Å². The van der Waals surface area contributed by atoms with Crippen LogP contribution < -0.4 is 15.0 Å². The molecule has 2 aromatic rings. The molecule has 190 valence electrons. The van der Waals surface area contributed by atoms with Crippen LogP contribution in [0.5, 0.6) is 5.75 Å². The number of hydrogen-bond donors (Lipinski definition) is 1. The summed E-state index contributed by atoms with van der Waals surface area (Å²) in [6.07, 6.45) is 0.167. The smallest absolute Gasteiger partial charge is 0.406 e. The standard InChI is InChI=1S/C27H34F3N3O2/c28-27(29,30)35-25-8-6-24(7-9-25)33-18-13-23(14-19-33)26(34)31-15-10-21-11-16-32(17-12-21)20-22-4-2-1-3-5-22/h1-9,21,23H,10-20H2,(H,31,34). The maximum absolute atomic E-state index is 12.7. The number of likely N-dealkylation sites (tertiary alicyclic amines) is 1. The number of rotatable bonds is 8. The monoisotopic (exact) mass is 489 g/mol. The van der Waals surface area contributed by atoms with E-state index in [1.807, 2.05) is 6.07 Å². The van der Waals surface area contributed by atoms with E-state index in [0.717, 1.165) is 51.1 Å². The van der Waals surface area contributed by atoms with Gasteiger partial charge in [-0.15, -0.1) is 13.2 Å². The molecule has 2 heterocycles. The van der Waals surface area contributed by atoms with Crippen molar-refractivity contribution in [3.8, 4) is 5.75 Å². The van der Waals surface area contributed by atoms with Gasteiger partial charge in [-0.3, -0.25) is 9.69 Å². The molecule has 0 atom stereocenters. The van der Waals surface area contributed by atoms with E-state index in [2.05, 4.69) is 44.1 Å². The molecule has 2 aliphatic heterocycles. The van der Waals surface area contributed by atoms with Crippen LogP contribution in [0.2, 0.25) is 0 Å². The Labute approximate surface area is 205 Å². The number of carbonyl (C=O) groups excluding carboxylic acids is 1. The van der Waals surface area contributed by atoms with Gasteiger partial charge < -0.3 is 15.0 Å². The van der Waals surface area contributed by atoms with Crippen LogP contribution in [0.25, 0.3) is 0 Å². The Bertz CT molecular complexity index is 921. The Balaban J connectivity index is 1.11. The lowest BCUT2D eigenvalue weighted by atomic mass is 9.92. The minimum atomic E-state index is -4.69. The molecule has 1 amide bonds. The lowest BCUT2D eigenvalue weighted by Gasteiger charge is -2.33. The van der Waals surface area contributed by atoms with Crippen LogP contribution in [-0.4, -0.2) is 49.9 Å². The summed E-state index contributed by atoms with van der Waals surface area (Å²) in [7, 11) is 0. The van der Waals surface area contributed by atoms with Gasteiger partial charge in [0.15, 0.2) is 0 Å². The Kier molecular flexibility index (Phi) is 8.55. The summed E-state index contributed by atoms with van der Waals surface area (Å²) in [5.41, 5.74) is 2.20. The number of benzene rings is 2. The zero-order chi connectivity index (χ0) is 24.7. The molecular weight excluding hydrogens is 455 g/mol. The van der Waals surface area contributed by atoms with Crippen LogP contribution in [0.3, 0.4) is 0 Å². The molecule has 0 saturated carbocycles. The normalized spacial score (nSPS) is 18.4. The van der Waals surface area contributed by atoms with Crippen molar-refractivity contribution >= 4 is 11.6 Å². The third kappa shape index (κ3) is 7.88. The summed E-state index contributed by atoms with van der Waals surface area (Å²) in [4.78, 5) is 17.3. The third-order valence-electron chi connectivity index (χ3n) is 7.11. The number of alkyl halides is 3. The first-order chi connectivity index (χ1) is 16.9. The van der Waals surface area contributed by atoms with E-state index < -0.39 is 6.36 Å². The molecular formula is C27H34F3N3O2. The highest BCUT2D eigenvalue weighted by Gasteiger charge is 2.31. The molecule has 5 nitrogen and oxygen atoms in total. The van der Waals surface area contributed by atoms with Gasteiger partial charge in [0.2, 0.25) is 5.91 Å². The van der Waals surface area contributed by atoms with Gasteiger partial charge in [0.05, 0.1) is 0 Å². The predicted octanol–water partition coefficient (Wildman–Crippen LogP) is 5.22. The van der Waals surface area contributed by atoms with E-state index >= 15 is 0 Å². The van der Waals surface area contributed by atoms with Gasteiger partial charge in [-0.1, -0.05) is 30.3 Å². The molecule has 35 heavy (non-hydrogen) atoms. The number of hydrogen-bond acceptors (Lipinski definition) is 4. The SMILES string of the molecule is O=C(NCCC1CCN(Cc2ccccc2)CC1)C1CCN(c2ccc(OC(F)(F)F)cc2)CC1. The molecule has 0 aliphatic carbocycles. The second-order valence-corrected chi connectivity index (χ2v) is 9.59. The van der Waals surface area contributed by atoms with E-state index in [4.69, 9.17) is 0 Å². The molecule has 4 rings (SSSR count). The van der Waals surface area contributed by atoms with Gasteiger partial charge in [-0.25, -0.2) is 0 Å². The van der Waals surface area contributed by atoms with Crippen molar-refractivity contribution in [2.45, 2.75) is 45.0 Å². The Morgan fingerprint density at radius 2 is 1.57 bits per heavy atom. The zero-order valence-corrected chi connectivity index (χ0v) is 20.0.